The third-order valence-corrected chi connectivity index (χ3v) is 2.52. The van der Waals surface area contributed by atoms with Gasteiger partial charge in [0.25, 0.3) is 5.91 Å². The van der Waals surface area contributed by atoms with E-state index < -0.39 is 18.0 Å². The first-order chi connectivity index (χ1) is 8.32. The normalized spacial score (nSPS) is 13.9. The minimum atomic E-state index is -0.875. The Bertz CT molecular complexity index is 432. The molecular weight excluding hydrogens is 237 g/mol. The highest BCUT2D eigenvalue weighted by molar-refractivity contribution is 5.80. The van der Waals surface area contributed by atoms with Gasteiger partial charge in [-0.05, 0) is 26.0 Å². The van der Waals surface area contributed by atoms with Crippen LogP contribution in [-0.2, 0) is 4.79 Å². The smallest absolute Gasteiger partial charge is 0.262 e. The van der Waals surface area contributed by atoms with Gasteiger partial charge < -0.3 is 14.7 Å². The molecule has 18 heavy (non-hydrogen) atoms. The molecular formula is C13H18FNO3. The molecule has 2 atom stereocenters. The van der Waals surface area contributed by atoms with Crippen molar-refractivity contribution in [3.8, 4) is 5.75 Å². The zero-order valence-electron chi connectivity index (χ0n) is 11.0. The largest absolute Gasteiger partial charge is 0.481 e. The van der Waals surface area contributed by atoms with Gasteiger partial charge in [-0.15, -0.1) is 0 Å². The molecule has 0 saturated heterocycles. The molecule has 0 aliphatic rings. The van der Waals surface area contributed by atoms with Crippen molar-refractivity contribution in [1.29, 1.82) is 0 Å². The van der Waals surface area contributed by atoms with Crippen molar-refractivity contribution in [2.45, 2.75) is 26.1 Å². The molecule has 1 aromatic carbocycles. The highest BCUT2D eigenvalue weighted by Crippen LogP contribution is 2.22. The molecule has 1 aromatic rings. The Balaban J connectivity index is 2.81. The molecule has 0 fully saturated rings. The average Bonchev–Trinajstić information content (AvgIpc) is 2.27. The maximum atomic E-state index is 13.6. The first-order valence-electron chi connectivity index (χ1n) is 5.68. The number of aliphatic hydroxyl groups excluding tert-OH is 1. The third-order valence-electron chi connectivity index (χ3n) is 2.52. The van der Waals surface area contributed by atoms with Gasteiger partial charge in [0.2, 0.25) is 0 Å². The molecule has 0 spiro atoms. The van der Waals surface area contributed by atoms with E-state index in [1.807, 2.05) is 0 Å². The van der Waals surface area contributed by atoms with Crippen molar-refractivity contribution < 1.29 is 19.0 Å². The van der Waals surface area contributed by atoms with Crippen LogP contribution >= 0.6 is 0 Å². The van der Waals surface area contributed by atoms with Crippen LogP contribution in [-0.4, -0.2) is 36.1 Å². The summed E-state index contributed by atoms with van der Waals surface area (Å²) in [4.78, 5) is 13.0. The van der Waals surface area contributed by atoms with E-state index in [2.05, 4.69) is 0 Å². The van der Waals surface area contributed by atoms with E-state index in [-0.39, 0.29) is 17.2 Å². The Morgan fingerprint density at radius 3 is 2.44 bits per heavy atom. The lowest BCUT2D eigenvalue weighted by molar-refractivity contribution is -0.135. The monoisotopic (exact) mass is 255 g/mol. The van der Waals surface area contributed by atoms with Gasteiger partial charge in [0.05, 0.1) is 6.10 Å². The number of halogens is 1. The van der Waals surface area contributed by atoms with Crippen molar-refractivity contribution in [2.24, 2.45) is 0 Å². The minimum Gasteiger partial charge on any atom is -0.481 e. The van der Waals surface area contributed by atoms with Crippen LogP contribution in [0.1, 0.15) is 25.5 Å². The number of nitrogens with zero attached hydrogens (tertiary/aromatic N) is 1. The van der Waals surface area contributed by atoms with E-state index in [1.165, 1.54) is 30.0 Å². The van der Waals surface area contributed by atoms with Crippen molar-refractivity contribution in [3.63, 3.8) is 0 Å². The Labute approximate surface area is 106 Å². The molecule has 0 radical (unpaired) electrons. The fourth-order valence-corrected chi connectivity index (χ4v) is 1.54. The summed E-state index contributed by atoms with van der Waals surface area (Å²) in [6.07, 6.45) is -1.56. The maximum absolute atomic E-state index is 13.6. The van der Waals surface area contributed by atoms with Crippen molar-refractivity contribution in [1.82, 2.24) is 4.90 Å². The molecule has 0 saturated carbocycles. The number of rotatable bonds is 4. The summed E-state index contributed by atoms with van der Waals surface area (Å²) in [6.45, 7) is 3.08. The van der Waals surface area contributed by atoms with Gasteiger partial charge in [0.1, 0.15) is 11.6 Å². The number of hydrogen-bond acceptors (Lipinski definition) is 3. The van der Waals surface area contributed by atoms with E-state index in [9.17, 15) is 14.3 Å². The second kappa shape index (κ2) is 5.82. The van der Waals surface area contributed by atoms with Crippen LogP contribution in [0.3, 0.4) is 0 Å². The van der Waals surface area contributed by atoms with Gasteiger partial charge >= 0.3 is 0 Å². The molecule has 1 amide bonds. The maximum Gasteiger partial charge on any atom is 0.262 e. The van der Waals surface area contributed by atoms with Crippen LogP contribution in [0.25, 0.3) is 0 Å². The standard InChI is InChI=1S/C13H18FNO3/c1-8(16)11-6-5-10(7-12(11)14)18-9(2)13(17)15(3)4/h5-9,16H,1-4H3/t8-,9?/m0/s1. The lowest BCUT2D eigenvalue weighted by Crippen LogP contribution is -2.35. The van der Waals surface area contributed by atoms with Gasteiger partial charge in [-0.25, -0.2) is 4.39 Å². The Kier molecular flexibility index (Phi) is 4.67. The predicted octanol–water partition coefficient (Wildman–Crippen LogP) is 1.73. The van der Waals surface area contributed by atoms with E-state index in [0.717, 1.165) is 0 Å². The zero-order valence-corrected chi connectivity index (χ0v) is 11.0. The van der Waals surface area contributed by atoms with E-state index in [1.54, 1.807) is 21.0 Å². The van der Waals surface area contributed by atoms with Crippen molar-refractivity contribution >= 4 is 5.91 Å². The summed E-state index contributed by atoms with van der Waals surface area (Å²) in [5.74, 6) is -0.485. The predicted molar refractivity (Wildman–Crippen MR) is 65.8 cm³/mol. The van der Waals surface area contributed by atoms with Crippen LogP contribution in [0, 0.1) is 5.82 Å². The number of ether oxygens (including phenoxy) is 1. The van der Waals surface area contributed by atoms with Crippen LogP contribution in [0.15, 0.2) is 18.2 Å². The lowest BCUT2D eigenvalue weighted by Gasteiger charge is -2.18. The van der Waals surface area contributed by atoms with Crippen LogP contribution < -0.4 is 4.74 Å². The molecule has 0 bridgehead atoms. The van der Waals surface area contributed by atoms with Gasteiger partial charge in [0, 0.05) is 25.7 Å². The first kappa shape index (κ1) is 14.4. The van der Waals surface area contributed by atoms with Crippen molar-refractivity contribution in [3.05, 3.63) is 29.6 Å². The summed E-state index contributed by atoms with van der Waals surface area (Å²) >= 11 is 0. The number of hydrogen-bond donors (Lipinski definition) is 1. The lowest BCUT2D eigenvalue weighted by atomic mass is 10.1. The van der Waals surface area contributed by atoms with Crippen LogP contribution in [0.2, 0.25) is 0 Å². The highest BCUT2D eigenvalue weighted by atomic mass is 19.1. The molecule has 0 aliphatic carbocycles. The van der Waals surface area contributed by atoms with Crippen LogP contribution in [0.4, 0.5) is 4.39 Å². The summed E-state index contributed by atoms with van der Waals surface area (Å²) in [7, 11) is 3.25. The molecule has 100 valence electrons. The number of benzene rings is 1. The SMILES string of the molecule is CC(Oc1ccc([C@H](C)O)c(F)c1)C(=O)N(C)C. The molecule has 0 aliphatic heterocycles. The van der Waals surface area contributed by atoms with Gasteiger partial charge in [0.15, 0.2) is 6.10 Å². The third kappa shape index (κ3) is 3.43. The molecule has 0 heterocycles. The number of amides is 1. The molecule has 1 rings (SSSR count). The average molecular weight is 255 g/mol. The molecule has 5 heteroatoms. The summed E-state index contributed by atoms with van der Waals surface area (Å²) in [6, 6.07) is 4.15. The fourth-order valence-electron chi connectivity index (χ4n) is 1.54. The van der Waals surface area contributed by atoms with E-state index in [0.29, 0.717) is 0 Å². The Hall–Kier alpha value is -1.62. The summed E-state index contributed by atoms with van der Waals surface area (Å²) in [5, 5.41) is 9.30. The number of carbonyl (C=O) groups excluding carboxylic acids is 1. The second-order valence-corrected chi connectivity index (χ2v) is 4.35. The first-order valence-corrected chi connectivity index (χ1v) is 5.68. The number of aliphatic hydroxyl groups is 1. The zero-order chi connectivity index (χ0) is 13.9. The molecule has 0 aromatic heterocycles. The van der Waals surface area contributed by atoms with Gasteiger partial charge in [-0.2, -0.15) is 0 Å². The minimum absolute atomic E-state index is 0.199. The number of carbonyl (C=O) groups is 1. The molecule has 1 N–H and O–H groups in total. The fraction of sp³-hybridized carbons (Fsp3) is 0.462. The second-order valence-electron chi connectivity index (χ2n) is 4.35. The van der Waals surface area contributed by atoms with E-state index >= 15 is 0 Å². The Morgan fingerprint density at radius 2 is 2.00 bits per heavy atom. The van der Waals surface area contributed by atoms with Gasteiger partial charge in [-0.1, -0.05) is 0 Å². The quantitative estimate of drug-likeness (QED) is 0.891. The summed E-state index contributed by atoms with van der Waals surface area (Å²) in [5.41, 5.74) is 0.203. The molecule has 4 nitrogen and oxygen atoms in total. The molecule has 1 unspecified atom stereocenters. The Morgan fingerprint density at radius 1 is 1.39 bits per heavy atom. The summed E-state index contributed by atoms with van der Waals surface area (Å²) < 4.78 is 18.9. The van der Waals surface area contributed by atoms with Crippen molar-refractivity contribution in [2.75, 3.05) is 14.1 Å². The van der Waals surface area contributed by atoms with Gasteiger partial charge in [-0.3, -0.25) is 4.79 Å². The highest BCUT2D eigenvalue weighted by Gasteiger charge is 2.17. The van der Waals surface area contributed by atoms with Crippen LogP contribution in [0.5, 0.6) is 5.75 Å². The topological polar surface area (TPSA) is 49.8 Å². The number of likely N-dealkylation sites (N-methyl/N-ethyl adjacent to an activating group) is 1. The van der Waals surface area contributed by atoms with E-state index in [4.69, 9.17) is 4.74 Å².